The molecule has 1 amide bonds. The molecular formula is C17H19ClFN2OS+. The molecule has 1 unspecified atom stereocenters. The Bertz CT molecular complexity index is 679. The molecule has 2 aromatic carbocycles. The van der Waals surface area contributed by atoms with Crippen LogP contribution < -0.4 is 10.2 Å². The second-order valence-corrected chi connectivity index (χ2v) is 6.65. The molecule has 23 heavy (non-hydrogen) atoms. The summed E-state index contributed by atoms with van der Waals surface area (Å²) in [5.74, 6) is -0.763. The normalized spacial score (nSPS) is 12.0. The van der Waals surface area contributed by atoms with Crippen LogP contribution in [0.3, 0.4) is 0 Å². The topological polar surface area (TPSA) is 33.5 Å². The molecule has 2 aromatic rings. The van der Waals surface area contributed by atoms with Crippen molar-refractivity contribution in [3.8, 4) is 0 Å². The van der Waals surface area contributed by atoms with Crippen LogP contribution >= 0.6 is 23.4 Å². The number of anilines is 1. The number of carbonyl (C=O) groups excluding carboxylic acids is 1. The van der Waals surface area contributed by atoms with Crippen LogP contribution in [0.1, 0.15) is 5.56 Å². The number of carbonyl (C=O) groups is 1. The predicted octanol–water partition coefficient (Wildman–Crippen LogP) is 2.85. The van der Waals surface area contributed by atoms with Crippen molar-refractivity contribution in [2.24, 2.45) is 0 Å². The lowest BCUT2D eigenvalue weighted by Crippen LogP contribution is -3.08. The number of quaternary nitrogens is 1. The summed E-state index contributed by atoms with van der Waals surface area (Å²) in [5, 5.41) is 2.88. The third kappa shape index (κ3) is 5.53. The Morgan fingerprint density at radius 1 is 1.26 bits per heavy atom. The molecule has 0 aromatic heterocycles. The minimum absolute atomic E-state index is 0.150. The molecule has 0 spiro atoms. The van der Waals surface area contributed by atoms with Gasteiger partial charge in [0.15, 0.2) is 6.54 Å². The lowest BCUT2D eigenvalue weighted by atomic mass is 10.2. The average molecular weight is 354 g/mol. The van der Waals surface area contributed by atoms with Crippen molar-refractivity contribution in [3.05, 3.63) is 58.9 Å². The molecule has 0 aliphatic rings. The summed E-state index contributed by atoms with van der Waals surface area (Å²) in [6, 6.07) is 12.4. The molecule has 122 valence electrons. The number of nitrogens with one attached hydrogen (secondary N) is 2. The number of hydrogen-bond donors (Lipinski definition) is 2. The van der Waals surface area contributed by atoms with E-state index in [0.717, 1.165) is 17.0 Å². The van der Waals surface area contributed by atoms with E-state index in [-0.39, 0.29) is 18.1 Å². The average Bonchev–Trinajstić information content (AvgIpc) is 2.50. The van der Waals surface area contributed by atoms with E-state index in [1.165, 1.54) is 17.0 Å². The lowest BCUT2D eigenvalue weighted by molar-refractivity contribution is -0.885. The maximum atomic E-state index is 13.7. The van der Waals surface area contributed by atoms with Gasteiger partial charge in [-0.3, -0.25) is 4.79 Å². The van der Waals surface area contributed by atoms with Gasteiger partial charge >= 0.3 is 0 Å². The predicted molar refractivity (Wildman–Crippen MR) is 93.7 cm³/mol. The maximum Gasteiger partial charge on any atom is 0.279 e. The van der Waals surface area contributed by atoms with Gasteiger partial charge in [0.1, 0.15) is 12.4 Å². The second-order valence-electron chi connectivity index (χ2n) is 5.33. The molecule has 3 nitrogen and oxygen atoms in total. The zero-order chi connectivity index (χ0) is 16.8. The van der Waals surface area contributed by atoms with Crippen molar-refractivity contribution >= 4 is 35.0 Å². The highest BCUT2D eigenvalue weighted by Crippen LogP contribution is 2.18. The van der Waals surface area contributed by atoms with Gasteiger partial charge in [0.25, 0.3) is 5.91 Å². The summed E-state index contributed by atoms with van der Waals surface area (Å²) < 4.78 is 13.7. The minimum Gasteiger partial charge on any atom is -0.326 e. The molecule has 1 atom stereocenters. The van der Waals surface area contributed by atoms with Crippen LogP contribution in [0.2, 0.25) is 5.02 Å². The van der Waals surface area contributed by atoms with E-state index in [1.54, 1.807) is 17.8 Å². The standard InChI is InChI=1S/C17H18ClFN2OS/c1-21(10-12-3-6-14(23-2)7-4-12)11-17(22)20-16-8-5-13(18)9-15(16)19/h3-9H,10-11H2,1-2H3,(H,20,22)/p+1. The minimum atomic E-state index is -0.531. The Hall–Kier alpha value is -1.56. The fourth-order valence-electron chi connectivity index (χ4n) is 2.21. The van der Waals surface area contributed by atoms with E-state index in [2.05, 4.69) is 29.6 Å². The summed E-state index contributed by atoms with van der Waals surface area (Å²) in [4.78, 5) is 14.2. The number of hydrogen-bond acceptors (Lipinski definition) is 2. The van der Waals surface area contributed by atoms with E-state index in [1.807, 2.05) is 13.3 Å². The second kappa shape index (κ2) is 8.34. The van der Waals surface area contributed by atoms with E-state index in [9.17, 15) is 9.18 Å². The molecular weight excluding hydrogens is 335 g/mol. The molecule has 0 saturated heterocycles. The van der Waals surface area contributed by atoms with Gasteiger partial charge in [0.2, 0.25) is 0 Å². The first-order chi connectivity index (χ1) is 11.0. The highest BCUT2D eigenvalue weighted by molar-refractivity contribution is 7.98. The van der Waals surface area contributed by atoms with Gasteiger partial charge in [-0.1, -0.05) is 23.7 Å². The van der Waals surface area contributed by atoms with Crippen molar-refractivity contribution in [2.75, 3.05) is 25.2 Å². The Morgan fingerprint density at radius 3 is 2.57 bits per heavy atom. The van der Waals surface area contributed by atoms with Gasteiger partial charge in [0.05, 0.1) is 12.7 Å². The Balaban J connectivity index is 1.88. The molecule has 2 rings (SSSR count). The molecule has 0 fully saturated rings. The first-order valence-electron chi connectivity index (χ1n) is 7.17. The van der Waals surface area contributed by atoms with Crippen LogP contribution in [0.25, 0.3) is 0 Å². The Kier molecular flexibility index (Phi) is 6.45. The van der Waals surface area contributed by atoms with Crippen LogP contribution in [0.5, 0.6) is 0 Å². The van der Waals surface area contributed by atoms with Gasteiger partial charge in [-0.2, -0.15) is 0 Å². The zero-order valence-corrected chi connectivity index (χ0v) is 14.6. The van der Waals surface area contributed by atoms with Crippen molar-refractivity contribution in [2.45, 2.75) is 11.4 Å². The number of benzene rings is 2. The number of rotatable bonds is 6. The highest BCUT2D eigenvalue weighted by Gasteiger charge is 2.13. The van der Waals surface area contributed by atoms with Crippen molar-refractivity contribution in [3.63, 3.8) is 0 Å². The molecule has 0 radical (unpaired) electrons. The van der Waals surface area contributed by atoms with Gasteiger partial charge in [-0.15, -0.1) is 11.8 Å². The summed E-state index contributed by atoms with van der Waals surface area (Å²) in [7, 11) is 1.93. The highest BCUT2D eigenvalue weighted by atomic mass is 35.5. The van der Waals surface area contributed by atoms with E-state index in [0.29, 0.717) is 5.02 Å². The first kappa shape index (κ1) is 17.8. The molecule has 0 bridgehead atoms. The SMILES string of the molecule is CSc1ccc(C[NH+](C)CC(=O)Nc2ccc(Cl)cc2F)cc1. The molecule has 6 heteroatoms. The first-order valence-corrected chi connectivity index (χ1v) is 8.77. The van der Waals surface area contributed by atoms with Gasteiger partial charge in [-0.25, -0.2) is 4.39 Å². The zero-order valence-electron chi connectivity index (χ0n) is 13.0. The number of halogens is 2. The smallest absolute Gasteiger partial charge is 0.279 e. The quantitative estimate of drug-likeness (QED) is 0.783. The van der Waals surface area contributed by atoms with Gasteiger partial charge in [-0.05, 0) is 36.6 Å². The summed E-state index contributed by atoms with van der Waals surface area (Å²) in [6.45, 7) is 0.984. The molecule has 2 N–H and O–H groups in total. The van der Waals surface area contributed by atoms with E-state index in [4.69, 9.17) is 11.6 Å². The molecule has 0 aliphatic heterocycles. The Labute approximate surface area is 144 Å². The lowest BCUT2D eigenvalue weighted by Gasteiger charge is -2.14. The third-order valence-corrected chi connectivity index (χ3v) is 4.31. The van der Waals surface area contributed by atoms with Crippen LogP contribution in [0.15, 0.2) is 47.4 Å². The largest absolute Gasteiger partial charge is 0.326 e. The van der Waals surface area contributed by atoms with Gasteiger partial charge < -0.3 is 10.2 Å². The van der Waals surface area contributed by atoms with Crippen molar-refractivity contribution in [1.82, 2.24) is 0 Å². The van der Waals surface area contributed by atoms with Crippen LogP contribution in [-0.4, -0.2) is 25.8 Å². The summed E-state index contributed by atoms with van der Waals surface area (Å²) in [6.07, 6.45) is 2.03. The van der Waals surface area contributed by atoms with E-state index >= 15 is 0 Å². The molecule has 0 heterocycles. The monoisotopic (exact) mass is 353 g/mol. The third-order valence-electron chi connectivity index (χ3n) is 3.33. The van der Waals surface area contributed by atoms with Crippen molar-refractivity contribution < 1.29 is 14.1 Å². The number of thioether (sulfide) groups is 1. The maximum absolute atomic E-state index is 13.7. The molecule has 0 saturated carbocycles. The molecule has 0 aliphatic carbocycles. The Morgan fingerprint density at radius 2 is 1.96 bits per heavy atom. The number of amides is 1. The fraction of sp³-hybridized carbons (Fsp3) is 0.235. The van der Waals surface area contributed by atoms with Crippen LogP contribution in [-0.2, 0) is 11.3 Å². The van der Waals surface area contributed by atoms with Crippen molar-refractivity contribution in [1.29, 1.82) is 0 Å². The van der Waals surface area contributed by atoms with Gasteiger partial charge in [0, 0.05) is 15.5 Å². The fourth-order valence-corrected chi connectivity index (χ4v) is 2.78. The van der Waals surface area contributed by atoms with E-state index < -0.39 is 5.82 Å². The summed E-state index contributed by atoms with van der Waals surface area (Å²) >= 11 is 7.39. The number of likely N-dealkylation sites (N-methyl/N-ethyl adjacent to an activating group) is 1. The van der Waals surface area contributed by atoms with Crippen LogP contribution in [0.4, 0.5) is 10.1 Å². The summed E-state index contributed by atoms with van der Waals surface area (Å²) in [5.41, 5.74) is 1.31. The van der Waals surface area contributed by atoms with Crippen LogP contribution in [0, 0.1) is 5.82 Å².